The maximum absolute atomic E-state index is 12.3. The van der Waals surface area contributed by atoms with Gasteiger partial charge in [0.15, 0.2) is 0 Å². The molecule has 0 aromatic heterocycles. The van der Waals surface area contributed by atoms with Crippen LogP contribution in [0.25, 0.3) is 0 Å². The number of nitrogens with one attached hydrogen (secondary N) is 1. The smallest absolute Gasteiger partial charge is 0.337 e. The first-order valence-electron chi connectivity index (χ1n) is 6.75. The lowest BCUT2D eigenvalue weighted by molar-refractivity contribution is 0.0600. The Morgan fingerprint density at radius 1 is 1.32 bits per heavy atom. The first-order valence-corrected chi connectivity index (χ1v) is 8.23. The highest BCUT2D eigenvalue weighted by Gasteiger charge is 2.24. The predicted molar refractivity (Wildman–Crippen MR) is 87.7 cm³/mol. The van der Waals surface area contributed by atoms with E-state index in [2.05, 4.69) is 9.46 Å². The van der Waals surface area contributed by atoms with Crippen molar-refractivity contribution in [3.63, 3.8) is 0 Å². The van der Waals surface area contributed by atoms with Gasteiger partial charge in [-0.1, -0.05) is 19.9 Å². The molecule has 0 unspecified atom stereocenters. The molecule has 1 aromatic carbocycles. The van der Waals surface area contributed by atoms with Gasteiger partial charge >= 0.3 is 5.97 Å². The van der Waals surface area contributed by atoms with E-state index < -0.39 is 21.5 Å². The lowest BCUT2D eigenvalue weighted by Gasteiger charge is -2.26. The number of hydrogen-bond acceptors (Lipinski definition) is 5. The molecular formula is C14H23ClN2O4S. The quantitative estimate of drug-likeness (QED) is 0.729. The van der Waals surface area contributed by atoms with E-state index in [0.717, 1.165) is 0 Å². The minimum Gasteiger partial charge on any atom is -0.465 e. The van der Waals surface area contributed by atoms with Crippen LogP contribution in [-0.2, 0) is 14.8 Å². The number of esters is 1. The van der Waals surface area contributed by atoms with Crippen LogP contribution in [0.5, 0.6) is 0 Å². The molecule has 0 amide bonds. The Balaban J connectivity index is 0.00000441. The Morgan fingerprint density at radius 2 is 1.91 bits per heavy atom. The largest absolute Gasteiger partial charge is 0.465 e. The molecule has 0 saturated carbocycles. The van der Waals surface area contributed by atoms with E-state index in [0.29, 0.717) is 12.8 Å². The van der Waals surface area contributed by atoms with E-state index in [1.165, 1.54) is 31.4 Å². The van der Waals surface area contributed by atoms with Crippen LogP contribution in [0.3, 0.4) is 0 Å². The molecule has 22 heavy (non-hydrogen) atoms. The molecule has 6 nitrogen and oxygen atoms in total. The van der Waals surface area contributed by atoms with E-state index in [-0.39, 0.29) is 29.4 Å². The summed E-state index contributed by atoms with van der Waals surface area (Å²) in [4.78, 5) is 11.5. The van der Waals surface area contributed by atoms with Crippen LogP contribution in [-0.4, -0.2) is 33.6 Å². The molecule has 0 aliphatic carbocycles. The van der Waals surface area contributed by atoms with Crippen molar-refractivity contribution in [2.24, 2.45) is 5.73 Å². The van der Waals surface area contributed by atoms with Gasteiger partial charge < -0.3 is 10.5 Å². The van der Waals surface area contributed by atoms with Crippen LogP contribution in [0.4, 0.5) is 0 Å². The van der Waals surface area contributed by atoms with Crippen molar-refractivity contribution in [3.8, 4) is 0 Å². The van der Waals surface area contributed by atoms with Crippen molar-refractivity contribution in [1.82, 2.24) is 4.72 Å². The van der Waals surface area contributed by atoms with Gasteiger partial charge in [-0.2, -0.15) is 0 Å². The van der Waals surface area contributed by atoms with E-state index >= 15 is 0 Å². The fraction of sp³-hybridized carbons (Fsp3) is 0.500. The van der Waals surface area contributed by atoms with Gasteiger partial charge in [-0.05, 0) is 31.0 Å². The summed E-state index contributed by atoms with van der Waals surface area (Å²) in [6.07, 6.45) is 1.32. The second-order valence-corrected chi connectivity index (χ2v) is 6.68. The van der Waals surface area contributed by atoms with E-state index in [1.54, 1.807) is 0 Å². The molecule has 126 valence electrons. The average Bonchev–Trinajstić information content (AvgIpc) is 2.52. The summed E-state index contributed by atoms with van der Waals surface area (Å²) in [5, 5.41) is 0. The molecule has 0 spiro atoms. The zero-order chi connectivity index (χ0) is 16.1. The van der Waals surface area contributed by atoms with Gasteiger partial charge in [0.1, 0.15) is 0 Å². The van der Waals surface area contributed by atoms with E-state index in [9.17, 15) is 13.2 Å². The molecular weight excluding hydrogens is 328 g/mol. The lowest BCUT2D eigenvalue weighted by atomic mass is 9.95. The molecule has 8 heteroatoms. The summed E-state index contributed by atoms with van der Waals surface area (Å²) in [5.41, 5.74) is 5.69. The normalized spacial score (nSPS) is 11.6. The van der Waals surface area contributed by atoms with Crippen LogP contribution >= 0.6 is 12.4 Å². The number of hydrogen-bond donors (Lipinski definition) is 2. The molecule has 0 fully saturated rings. The molecule has 0 bridgehead atoms. The number of rotatable bonds is 7. The second-order valence-electron chi connectivity index (χ2n) is 4.91. The summed E-state index contributed by atoms with van der Waals surface area (Å²) in [6.45, 7) is 3.97. The standard InChI is InChI=1S/C14H22N2O4S.ClH/c1-4-14(15,5-2)10-16-21(18,19)12-8-6-7-11(9-12)13(17)20-3;/h6-9,16H,4-5,10,15H2,1-3H3;1H. The highest BCUT2D eigenvalue weighted by Crippen LogP contribution is 2.15. The zero-order valence-electron chi connectivity index (χ0n) is 13.0. The van der Waals surface area contributed by atoms with Crippen molar-refractivity contribution >= 4 is 28.4 Å². The van der Waals surface area contributed by atoms with Crippen LogP contribution in [0.2, 0.25) is 0 Å². The molecule has 0 atom stereocenters. The SMILES string of the molecule is CCC(N)(CC)CNS(=O)(=O)c1cccc(C(=O)OC)c1.Cl. The van der Waals surface area contributed by atoms with Crippen molar-refractivity contribution in [2.45, 2.75) is 37.1 Å². The Hall–Kier alpha value is -1.15. The number of nitrogens with two attached hydrogens (primary N) is 1. The first-order chi connectivity index (χ1) is 9.78. The molecule has 0 saturated heterocycles. The third kappa shape index (κ3) is 5.24. The topological polar surface area (TPSA) is 98.5 Å². The highest BCUT2D eigenvalue weighted by molar-refractivity contribution is 7.89. The molecule has 0 aliphatic rings. The van der Waals surface area contributed by atoms with Crippen molar-refractivity contribution in [3.05, 3.63) is 29.8 Å². The third-order valence-electron chi connectivity index (χ3n) is 3.59. The van der Waals surface area contributed by atoms with Crippen LogP contribution in [0.1, 0.15) is 37.0 Å². The predicted octanol–water partition coefficient (Wildman–Crippen LogP) is 1.69. The summed E-state index contributed by atoms with van der Waals surface area (Å²) in [7, 11) is -2.47. The number of carbonyl (C=O) groups is 1. The van der Waals surface area contributed by atoms with E-state index in [4.69, 9.17) is 5.73 Å². The van der Waals surface area contributed by atoms with Gasteiger partial charge in [-0.15, -0.1) is 12.4 Å². The van der Waals surface area contributed by atoms with Crippen LogP contribution in [0, 0.1) is 0 Å². The summed E-state index contributed by atoms with van der Waals surface area (Å²) < 4.78 is 31.6. The Kier molecular flexibility index (Phi) is 8.03. The van der Waals surface area contributed by atoms with Crippen molar-refractivity contribution in [1.29, 1.82) is 0 Å². The molecule has 3 N–H and O–H groups in total. The fourth-order valence-corrected chi connectivity index (χ4v) is 2.91. The highest BCUT2D eigenvalue weighted by atomic mass is 35.5. The molecule has 0 radical (unpaired) electrons. The Labute approximate surface area is 137 Å². The van der Waals surface area contributed by atoms with Gasteiger partial charge in [-0.25, -0.2) is 17.9 Å². The number of methoxy groups -OCH3 is 1. The second kappa shape index (κ2) is 8.47. The minimum absolute atomic E-state index is 0. The first kappa shape index (κ1) is 20.9. The van der Waals surface area contributed by atoms with Gasteiger partial charge in [0.25, 0.3) is 0 Å². The van der Waals surface area contributed by atoms with Gasteiger partial charge in [0.2, 0.25) is 10.0 Å². The summed E-state index contributed by atoms with van der Waals surface area (Å²) >= 11 is 0. The maximum atomic E-state index is 12.3. The van der Waals surface area contributed by atoms with Crippen molar-refractivity contribution < 1.29 is 17.9 Å². The van der Waals surface area contributed by atoms with Gasteiger partial charge in [0.05, 0.1) is 17.6 Å². The van der Waals surface area contributed by atoms with Gasteiger partial charge in [0, 0.05) is 12.1 Å². The number of ether oxygens (including phenoxy) is 1. The number of halogens is 1. The van der Waals surface area contributed by atoms with Gasteiger partial charge in [-0.3, -0.25) is 0 Å². The molecule has 1 rings (SSSR count). The summed E-state index contributed by atoms with van der Waals surface area (Å²) in [6, 6.07) is 5.70. The summed E-state index contributed by atoms with van der Waals surface area (Å²) in [5.74, 6) is -0.581. The maximum Gasteiger partial charge on any atom is 0.337 e. The lowest BCUT2D eigenvalue weighted by Crippen LogP contribution is -2.49. The number of sulfonamides is 1. The number of benzene rings is 1. The molecule has 0 heterocycles. The zero-order valence-corrected chi connectivity index (χ0v) is 14.6. The Morgan fingerprint density at radius 3 is 2.41 bits per heavy atom. The third-order valence-corrected chi connectivity index (χ3v) is 4.99. The van der Waals surface area contributed by atoms with Crippen LogP contribution in [0.15, 0.2) is 29.2 Å². The minimum atomic E-state index is -3.72. The van der Waals surface area contributed by atoms with E-state index in [1.807, 2.05) is 13.8 Å². The number of carbonyl (C=O) groups excluding carboxylic acids is 1. The molecule has 1 aromatic rings. The fourth-order valence-electron chi connectivity index (χ4n) is 1.73. The Bertz CT molecular complexity index is 601. The van der Waals surface area contributed by atoms with Crippen molar-refractivity contribution in [2.75, 3.05) is 13.7 Å². The monoisotopic (exact) mass is 350 g/mol. The molecule has 0 aliphatic heterocycles. The average molecular weight is 351 g/mol. The van der Waals surface area contributed by atoms with Crippen LogP contribution < -0.4 is 10.5 Å².